The molecule has 1 aromatic carbocycles. The summed E-state index contributed by atoms with van der Waals surface area (Å²) < 4.78 is 0. The van der Waals surface area contributed by atoms with Crippen molar-refractivity contribution < 1.29 is 4.79 Å². The number of carbonyl (C=O) groups is 1. The smallest absolute Gasteiger partial charge is 0.254 e. The van der Waals surface area contributed by atoms with E-state index in [2.05, 4.69) is 24.8 Å². The number of likely N-dealkylation sites (tertiary alicyclic amines) is 1. The fraction of sp³-hybridized carbons (Fsp3) is 0.562. The Balaban J connectivity index is 2.27. The van der Waals surface area contributed by atoms with Gasteiger partial charge in [0.25, 0.3) is 5.91 Å². The van der Waals surface area contributed by atoms with Crippen molar-refractivity contribution in [3.05, 3.63) is 34.9 Å². The number of amides is 1. The van der Waals surface area contributed by atoms with E-state index in [0.717, 1.165) is 36.9 Å². The molecule has 1 fully saturated rings. The molecule has 18 heavy (non-hydrogen) atoms. The zero-order chi connectivity index (χ0) is 13.1. The van der Waals surface area contributed by atoms with E-state index in [4.69, 9.17) is 0 Å². The van der Waals surface area contributed by atoms with Crippen molar-refractivity contribution in [1.82, 2.24) is 4.90 Å². The molecule has 2 nitrogen and oxygen atoms in total. The first-order valence-corrected chi connectivity index (χ1v) is 7.02. The van der Waals surface area contributed by atoms with Crippen molar-refractivity contribution >= 4 is 5.91 Å². The highest BCUT2D eigenvalue weighted by Gasteiger charge is 2.26. The summed E-state index contributed by atoms with van der Waals surface area (Å²) in [7, 11) is 0. The van der Waals surface area contributed by atoms with Crippen molar-refractivity contribution in [1.29, 1.82) is 0 Å². The van der Waals surface area contributed by atoms with Crippen molar-refractivity contribution in [2.24, 2.45) is 0 Å². The molecule has 98 valence electrons. The first kappa shape index (κ1) is 13.1. The molecule has 0 N–H and O–H groups in total. The van der Waals surface area contributed by atoms with E-state index < -0.39 is 0 Å². The molecule has 1 aliphatic heterocycles. The van der Waals surface area contributed by atoms with Crippen LogP contribution in [0.15, 0.2) is 18.2 Å². The minimum Gasteiger partial charge on any atom is -0.336 e. The largest absolute Gasteiger partial charge is 0.336 e. The van der Waals surface area contributed by atoms with Crippen molar-refractivity contribution in [3.8, 4) is 0 Å². The van der Waals surface area contributed by atoms with Gasteiger partial charge in [-0.15, -0.1) is 0 Å². The normalized spacial score (nSPS) is 19.9. The van der Waals surface area contributed by atoms with Gasteiger partial charge in [-0.3, -0.25) is 4.79 Å². The van der Waals surface area contributed by atoms with Gasteiger partial charge in [-0.1, -0.05) is 19.1 Å². The second-order valence-electron chi connectivity index (χ2n) is 5.30. The molecule has 1 aromatic rings. The molecule has 1 amide bonds. The van der Waals surface area contributed by atoms with E-state index in [1.54, 1.807) is 0 Å². The van der Waals surface area contributed by atoms with Crippen molar-refractivity contribution in [2.45, 2.75) is 52.5 Å². The topological polar surface area (TPSA) is 20.3 Å². The fourth-order valence-electron chi connectivity index (χ4n) is 2.83. The number of carbonyl (C=O) groups excluding carboxylic acids is 1. The van der Waals surface area contributed by atoms with Gasteiger partial charge in [0.1, 0.15) is 0 Å². The molecule has 0 aliphatic carbocycles. The molecule has 1 heterocycles. The predicted molar refractivity (Wildman–Crippen MR) is 74.9 cm³/mol. The van der Waals surface area contributed by atoms with Crippen LogP contribution < -0.4 is 0 Å². The average molecular weight is 245 g/mol. The van der Waals surface area contributed by atoms with E-state index in [0.29, 0.717) is 6.04 Å². The van der Waals surface area contributed by atoms with Gasteiger partial charge in [-0.25, -0.2) is 0 Å². The molecule has 0 bridgehead atoms. The van der Waals surface area contributed by atoms with Gasteiger partial charge in [-0.2, -0.15) is 0 Å². The molecular weight excluding hydrogens is 222 g/mol. The minimum absolute atomic E-state index is 0.225. The van der Waals surface area contributed by atoms with Crippen LogP contribution in [0.2, 0.25) is 0 Å². The van der Waals surface area contributed by atoms with Gasteiger partial charge in [0.05, 0.1) is 0 Å². The Hall–Kier alpha value is -1.31. The molecule has 1 aliphatic rings. The van der Waals surface area contributed by atoms with Crippen LogP contribution in [0.4, 0.5) is 0 Å². The number of hydrogen-bond acceptors (Lipinski definition) is 1. The summed E-state index contributed by atoms with van der Waals surface area (Å²) in [5.41, 5.74) is 3.21. The lowest BCUT2D eigenvalue weighted by Gasteiger charge is -2.35. The fourth-order valence-corrected chi connectivity index (χ4v) is 2.83. The molecule has 1 unspecified atom stereocenters. The number of nitrogens with zero attached hydrogens (tertiary/aromatic N) is 1. The Bertz CT molecular complexity index is 439. The van der Waals surface area contributed by atoms with Crippen LogP contribution in [0.25, 0.3) is 0 Å². The molecule has 0 aromatic heterocycles. The molecule has 0 spiro atoms. The second kappa shape index (κ2) is 5.55. The van der Waals surface area contributed by atoms with Crippen LogP contribution in [-0.2, 0) is 0 Å². The van der Waals surface area contributed by atoms with Crippen molar-refractivity contribution in [3.63, 3.8) is 0 Å². The van der Waals surface area contributed by atoms with Crippen LogP contribution >= 0.6 is 0 Å². The third kappa shape index (κ3) is 2.43. The summed E-state index contributed by atoms with van der Waals surface area (Å²) in [5.74, 6) is 0.225. The Morgan fingerprint density at radius 1 is 1.33 bits per heavy atom. The van der Waals surface area contributed by atoms with Gasteiger partial charge in [0.2, 0.25) is 0 Å². The highest BCUT2D eigenvalue weighted by atomic mass is 16.2. The zero-order valence-corrected chi connectivity index (χ0v) is 11.7. The maximum atomic E-state index is 12.7. The number of hydrogen-bond donors (Lipinski definition) is 0. The lowest BCUT2D eigenvalue weighted by Crippen LogP contribution is -2.43. The summed E-state index contributed by atoms with van der Waals surface area (Å²) in [6, 6.07) is 6.46. The van der Waals surface area contributed by atoms with Gasteiger partial charge in [0, 0.05) is 18.2 Å². The summed E-state index contributed by atoms with van der Waals surface area (Å²) in [6.45, 7) is 7.22. The number of rotatable bonds is 2. The molecule has 1 atom stereocenters. The van der Waals surface area contributed by atoms with Crippen LogP contribution in [-0.4, -0.2) is 23.4 Å². The van der Waals surface area contributed by atoms with Crippen LogP contribution in [0.3, 0.4) is 0 Å². The predicted octanol–water partition coefficient (Wildman–Crippen LogP) is 3.71. The van der Waals surface area contributed by atoms with Gasteiger partial charge < -0.3 is 4.90 Å². The Kier molecular flexibility index (Phi) is 4.05. The monoisotopic (exact) mass is 245 g/mol. The van der Waals surface area contributed by atoms with Crippen LogP contribution in [0.5, 0.6) is 0 Å². The van der Waals surface area contributed by atoms with Crippen LogP contribution in [0, 0.1) is 13.8 Å². The molecule has 0 radical (unpaired) electrons. The van der Waals surface area contributed by atoms with E-state index in [-0.39, 0.29) is 5.91 Å². The maximum absolute atomic E-state index is 12.7. The molecular formula is C16H23NO. The van der Waals surface area contributed by atoms with Crippen LogP contribution in [0.1, 0.15) is 54.1 Å². The third-order valence-corrected chi connectivity index (χ3v) is 4.19. The highest BCUT2D eigenvalue weighted by Crippen LogP contribution is 2.23. The quantitative estimate of drug-likeness (QED) is 0.778. The Labute approximate surface area is 110 Å². The summed E-state index contributed by atoms with van der Waals surface area (Å²) in [6.07, 6.45) is 4.63. The minimum atomic E-state index is 0.225. The lowest BCUT2D eigenvalue weighted by atomic mass is 9.96. The third-order valence-electron chi connectivity index (χ3n) is 4.19. The first-order chi connectivity index (χ1) is 8.65. The molecule has 0 saturated carbocycles. The zero-order valence-electron chi connectivity index (χ0n) is 11.7. The lowest BCUT2D eigenvalue weighted by molar-refractivity contribution is 0.0607. The maximum Gasteiger partial charge on any atom is 0.254 e. The van der Waals surface area contributed by atoms with Gasteiger partial charge in [-0.05, 0) is 56.7 Å². The first-order valence-electron chi connectivity index (χ1n) is 7.02. The Morgan fingerprint density at radius 3 is 2.83 bits per heavy atom. The molecule has 2 heteroatoms. The summed E-state index contributed by atoms with van der Waals surface area (Å²) in [4.78, 5) is 14.8. The average Bonchev–Trinajstić information content (AvgIpc) is 2.41. The molecule has 2 rings (SSSR count). The number of piperidine rings is 1. The second-order valence-corrected chi connectivity index (χ2v) is 5.30. The molecule has 1 saturated heterocycles. The number of aryl methyl sites for hydroxylation is 1. The number of benzene rings is 1. The van der Waals surface area contributed by atoms with Crippen molar-refractivity contribution in [2.75, 3.05) is 6.54 Å². The van der Waals surface area contributed by atoms with E-state index in [9.17, 15) is 4.79 Å². The standard InChI is InChI=1S/C16H23NO/c1-4-14-9-5-6-11-17(14)16(18)15-10-7-8-12(2)13(15)3/h7-8,10,14H,4-6,9,11H2,1-3H3. The highest BCUT2D eigenvalue weighted by molar-refractivity contribution is 5.96. The van der Waals surface area contributed by atoms with Gasteiger partial charge in [0.15, 0.2) is 0 Å². The Morgan fingerprint density at radius 2 is 2.11 bits per heavy atom. The summed E-state index contributed by atoms with van der Waals surface area (Å²) >= 11 is 0. The summed E-state index contributed by atoms with van der Waals surface area (Å²) in [5, 5.41) is 0. The van der Waals surface area contributed by atoms with E-state index in [1.807, 2.05) is 19.1 Å². The SMILES string of the molecule is CCC1CCCCN1C(=O)c1cccc(C)c1C. The van der Waals surface area contributed by atoms with E-state index >= 15 is 0 Å². The van der Waals surface area contributed by atoms with Gasteiger partial charge >= 0.3 is 0 Å². The van der Waals surface area contributed by atoms with E-state index in [1.165, 1.54) is 12.0 Å².